The highest BCUT2D eigenvalue weighted by Crippen LogP contribution is 2.34. The minimum Gasteiger partial charge on any atom is -0.338 e. The number of aromatic nitrogens is 2. The Balaban J connectivity index is 1.51. The summed E-state index contributed by atoms with van der Waals surface area (Å²) in [6.45, 7) is 6.15. The highest BCUT2D eigenvalue weighted by molar-refractivity contribution is 9.10. The zero-order valence-corrected chi connectivity index (χ0v) is 18.9. The zero-order valence-electron chi connectivity index (χ0n) is 15.7. The van der Waals surface area contributed by atoms with E-state index in [-0.39, 0.29) is 5.91 Å². The molecule has 3 heterocycles. The van der Waals surface area contributed by atoms with E-state index in [2.05, 4.69) is 61.8 Å². The van der Waals surface area contributed by atoms with Crippen LogP contribution in [0.15, 0.2) is 33.2 Å². The van der Waals surface area contributed by atoms with Gasteiger partial charge in [0.1, 0.15) is 5.82 Å². The molecule has 2 fully saturated rings. The fourth-order valence-corrected chi connectivity index (χ4v) is 5.40. The summed E-state index contributed by atoms with van der Waals surface area (Å²) in [5.41, 5.74) is 5.99. The first kappa shape index (κ1) is 18.3. The number of nitrogens with zero attached hydrogens (tertiary/aromatic N) is 3. The van der Waals surface area contributed by atoms with Gasteiger partial charge in [-0.3, -0.25) is 9.80 Å². The first-order valence-corrected chi connectivity index (χ1v) is 11.1. The third-order valence-electron chi connectivity index (χ3n) is 6.05. The molecule has 144 valence electrons. The number of piperidine rings is 1. The van der Waals surface area contributed by atoms with Crippen molar-refractivity contribution in [1.82, 2.24) is 20.0 Å². The van der Waals surface area contributed by atoms with Crippen molar-refractivity contribution < 1.29 is 4.79 Å². The van der Waals surface area contributed by atoms with Gasteiger partial charge in [0.25, 0.3) is 5.91 Å². The molecule has 3 aromatic rings. The predicted molar refractivity (Wildman–Crippen MR) is 117 cm³/mol. The normalized spacial score (nSPS) is 21.1. The Morgan fingerprint density at radius 1 is 1.11 bits per heavy atom. The number of amides is 1. The van der Waals surface area contributed by atoms with Gasteiger partial charge in [-0.2, -0.15) is 0 Å². The van der Waals surface area contributed by atoms with Gasteiger partial charge in [-0.05, 0) is 62.1 Å². The van der Waals surface area contributed by atoms with Crippen LogP contribution in [-0.4, -0.2) is 45.0 Å². The molecule has 0 saturated carbocycles. The van der Waals surface area contributed by atoms with Gasteiger partial charge >= 0.3 is 0 Å². The molecule has 2 saturated heterocycles. The van der Waals surface area contributed by atoms with Gasteiger partial charge in [0.2, 0.25) is 0 Å². The van der Waals surface area contributed by atoms with Crippen LogP contribution >= 0.6 is 31.9 Å². The second kappa shape index (κ2) is 6.68. The fraction of sp³-hybridized carbons (Fsp3) is 0.333. The summed E-state index contributed by atoms with van der Waals surface area (Å²) in [7, 11) is 0. The first-order chi connectivity index (χ1) is 13.4. The number of hydrogen-bond donors (Lipinski definition) is 1. The molecule has 0 unspecified atom stereocenters. The van der Waals surface area contributed by atoms with Crippen molar-refractivity contribution >= 4 is 48.8 Å². The Morgan fingerprint density at radius 3 is 2.50 bits per heavy atom. The molecule has 1 aromatic heterocycles. The van der Waals surface area contributed by atoms with Crippen LogP contribution < -0.4 is 0 Å². The average molecular weight is 504 g/mol. The number of aromatic amines is 1. The van der Waals surface area contributed by atoms with Crippen molar-refractivity contribution in [3.63, 3.8) is 0 Å². The van der Waals surface area contributed by atoms with Gasteiger partial charge in [0.15, 0.2) is 0 Å². The van der Waals surface area contributed by atoms with Gasteiger partial charge in [-0.25, -0.2) is 9.99 Å². The van der Waals surface area contributed by atoms with Crippen LogP contribution in [0.4, 0.5) is 0 Å². The van der Waals surface area contributed by atoms with Gasteiger partial charge in [0.05, 0.1) is 17.1 Å². The molecule has 2 aliphatic heterocycles. The van der Waals surface area contributed by atoms with E-state index in [1.54, 1.807) is 0 Å². The smallest absolute Gasteiger partial charge is 0.268 e. The summed E-state index contributed by atoms with van der Waals surface area (Å²) in [5.74, 6) is 0.888. The highest BCUT2D eigenvalue weighted by atomic mass is 79.9. The molecule has 0 spiro atoms. The lowest BCUT2D eigenvalue weighted by atomic mass is 10.1. The molecule has 2 aliphatic rings. The summed E-state index contributed by atoms with van der Waals surface area (Å²) >= 11 is 7.27. The van der Waals surface area contributed by atoms with Crippen LogP contribution in [0.5, 0.6) is 0 Å². The molecular weight excluding hydrogens is 484 g/mol. The van der Waals surface area contributed by atoms with Crippen molar-refractivity contribution in [2.45, 2.75) is 32.7 Å². The molecule has 1 amide bonds. The van der Waals surface area contributed by atoms with Gasteiger partial charge in [0, 0.05) is 33.2 Å². The van der Waals surface area contributed by atoms with Crippen LogP contribution in [0.2, 0.25) is 0 Å². The first-order valence-electron chi connectivity index (χ1n) is 9.48. The zero-order chi connectivity index (χ0) is 19.6. The van der Waals surface area contributed by atoms with E-state index in [0.29, 0.717) is 11.6 Å². The number of H-pyrrole nitrogens is 1. The maximum absolute atomic E-state index is 13.0. The van der Waals surface area contributed by atoms with E-state index < -0.39 is 0 Å². The number of imidazole rings is 1. The lowest BCUT2D eigenvalue weighted by Crippen LogP contribution is -2.38. The van der Waals surface area contributed by atoms with Gasteiger partial charge in [-0.15, -0.1) is 0 Å². The maximum atomic E-state index is 13.0. The van der Waals surface area contributed by atoms with Crippen LogP contribution in [-0.2, 0) is 0 Å². The molecule has 0 atom stereocenters. The van der Waals surface area contributed by atoms with E-state index in [0.717, 1.165) is 62.9 Å². The summed E-state index contributed by atoms with van der Waals surface area (Å²) in [4.78, 5) is 21.2. The third kappa shape index (κ3) is 2.75. The van der Waals surface area contributed by atoms with Crippen molar-refractivity contribution in [3.8, 4) is 11.4 Å². The van der Waals surface area contributed by atoms with Gasteiger partial charge < -0.3 is 4.98 Å². The van der Waals surface area contributed by atoms with Crippen LogP contribution in [0.1, 0.15) is 34.3 Å². The molecule has 28 heavy (non-hydrogen) atoms. The fourth-order valence-electron chi connectivity index (χ4n) is 4.31. The minimum absolute atomic E-state index is 0.0901. The average Bonchev–Trinajstić information content (AvgIpc) is 3.39. The number of fused-ring (bicyclic) bond motifs is 3. The number of nitrogens with one attached hydrogen (secondary N) is 1. The molecule has 7 heteroatoms. The molecule has 0 radical (unpaired) electrons. The Hall–Kier alpha value is -1.70. The number of aryl methyl sites for hydroxylation is 1. The van der Waals surface area contributed by atoms with E-state index in [9.17, 15) is 4.79 Å². The van der Waals surface area contributed by atoms with Crippen molar-refractivity contribution in [3.05, 3.63) is 49.9 Å². The van der Waals surface area contributed by atoms with E-state index in [1.165, 1.54) is 5.56 Å². The molecular formula is C21H20Br2N4O. The van der Waals surface area contributed by atoms with Crippen molar-refractivity contribution in [1.29, 1.82) is 0 Å². The lowest BCUT2D eigenvalue weighted by molar-refractivity contribution is 0.0334. The second-order valence-corrected chi connectivity index (χ2v) is 9.33. The third-order valence-corrected chi connectivity index (χ3v) is 7.53. The summed E-state index contributed by atoms with van der Waals surface area (Å²) in [5, 5.41) is 4.13. The Kier molecular flexibility index (Phi) is 4.37. The standard InChI is InChI=1S/C21H20Br2N4O/c1-11-12(2)19-18(10-16(11)22)24-20(25-19)15-4-3-13(9-17(15)23)21(28)27-14-5-7-26(27)8-6-14/h3-4,9-10,14H,5-8H2,1-2H3,(H,24,25). The lowest BCUT2D eigenvalue weighted by Gasteiger charge is -2.23. The number of carbonyl (C=O) groups excluding carboxylic acids is 1. The number of benzene rings is 2. The van der Waals surface area contributed by atoms with Crippen molar-refractivity contribution in [2.24, 2.45) is 0 Å². The quantitative estimate of drug-likeness (QED) is 0.522. The monoisotopic (exact) mass is 502 g/mol. The number of carbonyl (C=O) groups is 1. The van der Waals surface area contributed by atoms with Crippen LogP contribution in [0.3, 0.4) is 0 Å². The van der Waals surface area contributed by atoms with Crippen LogP contribution in [0, 0.1) is 13.8 Å². The molecule has 2 bridgehead atoms. The summed E-state index contributed by atoms with van der Waals surface area (Å²) < 4.78 is 1.94. The molecule has 0 aliphatic carbocycles. The predicted octanol–water partition coefficient (Wildman–Crippen LogP) is 5.21. The SMILES string of the molecule is Cc1c(Br)cc2[nH]c(-c3ccc(C(=O)N4C5CCN4CC5)cc3Br)nc2c1C. The Labute approximate surface area is 180 Å². The molecule has 2 aromatic carbocycles. The number of halogens is 2. The highest BCUT2D eigenvalue weighted by Gasteiger charge is 2.41. The van der Waals surface area contributed by atoms with Gasteiger partial charge in [-0.1, -0.05) is 31.9 Å². The largest absolute Gasteiger partial charge is 0.338 e. The number of rotatable bonds is 2. The maximum Gasteiger partial charge on any atom is 0.268 e. The van der Waals surface area contributed by atoms with E-state index in [1.807, 2.05) is 23.2 Å². The minimum atomic E-state index is 0.0901. The van der Waals surface area contributed by atoms with Crippen molar-refractivity contribution in [2.75, 3.05) is 13.1 Å². The molecule has 5 nitrogen and oxygen atoms in total. The second-order valence-electron chi connectivity index (χ2n) is 7.62. The number of hydrazine groups is 1. The van der Waals surface area contributed by atoms with Crippen LogP contribution in [0.25, 0.3) is 22.4 Å². The van der Waals surface area contributed by atoms with E-state index >= 15 is 0 Å². The van der Waals surface area contributed by atoms with E-state index in [4.69, 9.17) is 4.98 Å². The molecule has 1 N–H and O–H groups in total. The Morgan fingerprint density at radius 2 is 1.86 bits per heavy atom. The summed E-state index contributed by atoms with van der Waals surface area (Å²) in [6, 6.07) is 8.23. The summed E-state index contributed by atoms with van der Waals surface area (Å²) in [6.07, 6.45) is 2.16. The number of hydrogen-bond acceptors (Lipinski definition) is 3. The molecule has 5 rings (SSSR count). The topological polar surface area (TPSA) is 52.2 Å². The Bertz CT molecular complexity index is 1100.